The van der Waals surface area contributed by atoms with Gasteiger partial charge in [0, 0.05) is 38.2 Å². The van der Waals surface area contributed by atoms with Crippen molar-refractivity contribution in [3.8, 4) is 0 Å². The predicted octanol–water partition coefficient (Wildman–Crippen LogP) is 1.73. The maximum Gasteiger partial charge on any atom is 0.0587 e. The zero-order valence-electron chi connectivity index (χ0n) is 8.88. The molecule has 2 N–H and O–H groups in total. The molecule has 86 valence electrons. The SMILES string of the molecule is COCCNCCNCc1sccc1Cl. The Bertz CT molecular complexity index is 268. The molecule has 5 heteroatoms. The summed E-state index contributed by atoms with van der Waals surface area (Å²) in [4.78, 5) is 1.20. The van der Waals surface area contributed by atoms with Crippen LogP contribution in [0.3, 0.4) is 0 Å². The fourth-order valence-corrected chi connectivity index (χ4v) is 2.20. The summed E-state index contributed by atoms with van der Waals surface area (Å²) in [5.74, 6) is 0. The number of hydrogen-bond acceptors (Lipinski definition) is 4. The first-order chi connectivity index (χ1) is 7.34. The van der Waals surface area contributed by atoms with Crippen LogP contribution in [0.25, 0.3) is 0 Å². The number of methoxy groups -OCH3 is 1. The molecule has 0 saturated heterocycles. The zero-order chi connectivity index (χ0) is 10.9. The van der Waals surface area contributed by atoms with Gasteiger partial charge in [0.1, 0.15) is 0 Å². The highest BCUT2D eigenvalue weighted by atomic mass is 35.5. The molecule has 15 heavy (non-hydrogen) atoms. The van der Waals surface area contributed by atoms with Crippen LogP contribution < -0.4 is 10.6 Å². The Morgan fingerprint density at radius 3 is 2.80 bits per heavy atom. The maximum absolute atomic E-state index is 5.96. The summed E-state index contributed by atoms with van der Waals surface area (Å²) >= 11 is 7.65. The summed E-state index contributed by atoms with van der Waals surface area (Å²) in [6.07, 6.45) is 0. The molecule has 1 aromatic rings. The lowest BCUT2D eigenvalue weighted by molar-refractivity contribution is 0.199. The number of thiophene rings is 1. The lowest BCUT2D eigenvalue weighted by Gasteiger charge is -2.05. The van der Waals surface area contributed by atoms with Crippen molar-refractivity contribution in [2.45, 2.75) is 6.54 Å². The summed E-state index contributed by atoms with van der Waals surface area (Å²) in [6.45, 7) is 4.40. The van der Waals surface area contributed by atoms with Crippen LogP contribution in [0.5, 0.6) is 0 Å². The van der Waals surface area contributed by atoms with E-state index in [2.05, 4.69) is 10.6 Å². The van der Waals surface area contributed by atoms with E-state index in [1.165, 1.54) is 4.88 Å². The van der Waals surface area contributed by atoms with Crippen molar-refractivity contribution >= 4 is 22.9 Å². The highest BCUT2D eigenvalue weighted by molar-refractivity contribution is 7.10. The first kappa shape index (κ1) is 12.9. The van der Waals surface area contributed by atoms with E-state index < -0.39 is 0 Å². The van der Waals surface area contributed by atoms with Gasteiger partial charge in [0.05, 0.1) is 11.6 Å². The molecule has 0 bridgehead atoms. The average molecular weight is 249 g/mol. The molecule has 1 heterocycles. The molecule has 0 aliphatic heterocycles. The van der Waals surface area contributed by atoms with Gasteiger partial charge < -0.3 is 15.4 Å². The van der Waals surface area contributed by atoms with E-state index in [0.717, 1.165) is 37.8 Å². The molecular formula is C10H17ClN2OS. The van der Waals surface area contributed by atoms with Gasteiger partial charge >= 0.3 is 0 Å². The van der Waals surface area contributed by atoms with E-state index in [-0.39, 0.29) is 0 Å². The van der Waals surface area contributed by atoms with Crippen molar-refractivity contribution in [3.05, 3.63) is 21.3 Å². The molecule has 0 unspecified atom stereocenters. The Hall–Kier alpha value is -0.130. The van der Waals surface area contributed by atoms with Crippen LogP contribution in [0.1, 0.15) is 4.88 Å². The highest BCUT2D eigenvalue weighted by Crippen LogP contribution is 2.21. The third kappa shape index (κ3) is 5.49. The minimum Gasteiger partial charge on any atom is -0.383 e. The lowest BCUT2D eigenvalue weighted by Crippen LogP contribution is -2.29. The van der Waals surface area contributed by atoms with Crippen LogP contribution in [0.4, 0.5) is 0 Å². The molecule has 0 aliphatic carbocycles. The van der Waals surface area contributed by atoms with Crippen molar-refractivity contribution in [2.24, 2.45) is 0 Å². The molecule has 0 spiro atoms. The Morgan fingerprint density at radius 2 is 2.13 bits per heavy atom. The third-order valence-electron chi connectivity index (χ3n) is 1.94. The van der Waals surface area contributed by atoms with Crippen LogP contribution in [0.15, 0.2) is 11.4 Å². The normalized spacial score (nSPS) is 10.8. The standard InChI is InChI=1S/C10H17ClN2OS/c1-14-6-5-12-3-4-13-8-10-9(11)2-7-15-10/h2,7,12-13H,3-6,8H2,1H3. The minimum absolute atomic E-state index is 0.761. The number of hydrogen-bond donors (Lipinski definition) is 2. The van der Waals surface area contributed by atoms with E-state index >= 15 is 0 Å². The van der Waals surface area contributed by atoms with Gasteiger partial charge in [-0.15, -0.1) is 11.3 Å². The van der Waals surface area contributed by atoms with E-state index in [1.807, 2.05) is 11.4 Å². The van der Waals surface area contributed by atoms with Crippen LogP contribution in [0.2, 0.25) is 5.02 Å². The molecule has 3 nitrogen and oxygen atoms in total. The monoisotopic (exact) mass is 248 g/mol. The molecule has 0 aromatic carbocycles. The van der Waals surface area contributed by atoms with Crippen LogP contribution in [-0.2, 0) is 11.3 Å². The molecule has 1 rings (SSSR count). The summed E-state index contributed by atoms with van der Waals surface area (Å²) in [7, 11) is 1.71. The van der Waals surface area contributed by atoms with Gasteiger partial charge in [-0.3, -0.25) is 0 Å². The average Bonchev–Trinajstić information content (AvgIpc) is 2.63. The van der Waals surface area contributed by atoms with Gasteiger partial charge in [0.2, 0.25) is 0 Å². The van der Waals surface area contributed by atoms with Gasteiger partial charge in [-0.2, -0.15) is 0 Å². The number of ether oxygens (including phenoxy) is 1. The summed E-state index contributed by atoms with van der Waals surface area (Å²) in [6, 6.07) is 1.93. The predicted molar refractivity (Wildman–Crippen MR) is 65.8 cm³/mol. The van der Waals surface area contributed by atoms with E-state index in [9.17, 15) is 0 Å². The minimum atomic E-state index is 0.761. The molecule has 0 saturated carbocycles. The van der Waals surface area contributed by atoms with Crippen molar-refractivity contribution in [3.63, 3.8) is 0 Å². The van der Waals surface area contributed by atoms with E-state index in [4.69, 9.17) is 16.3 Å². The third-order valence-corrected chi connectivity index (χ3v) is 3.33. The summed E-state index contributed by atoms with van der Waals surface area (Å²) < 4.78 is 4.92. The van der Waals surface area contributed by atoms with Crippen LogP contribution >= 0.6 is 22.9 Å². The van der Waals surface area contributed by atoms with Crippen LogP contribution in [-0.4, -0.2) is 33.4 Å². The smallest absolute Gasteiger partial charge is 0.0587 e. The molecule has 0 aliphatic rings. The van der Waals surface area contributed by atoms with Gasteiger partial charge in [-0.1, -0.05) is 11.6 Å². The Labute approximate surface area is 99.8 Å². The molecule has 0 atom stereocenters. The Kier molecular flexibility index (Phi) is 6.96. The topological polar surface area (TPSA) is 33.3 Å². The number of rotatable bonds is 8. The van der Waals surface area contributed by atoms with E-state index in [0.29, 0.717) is 0 Å². The second-order valence-corrected chi connectivity index (χ2v) is 4.52. The van der Waals surface area contributed by atoms with Crippen molar-refractivity contribution in [1.29, 1.82) is 0 Å². The quantitative estimate of drug-likeness (QED) is 0.688. The van der Waals surface area contributed by atoms with Gasteiger partial charge in [-0.25, -0.2) is 0 Å². The number of nitrogens with one attached hydrogen (secondary N) is 2. The zero-order valence-corrected chi connectivity index (χ0v) is 10.5. The van der Waals surface area contributed by atoms with Crippen molar-refractivity contribution in [1.82, 2.24) is 10.6 Å². The summed E-state index contributed by atoms with van der Waals surface area (Å²) in [5.41, 5.74) is 0. The van der Waals surface area contributed by atoms with Gasteiger partial charge in [-0.05, 0) is 11.4 Å². The Morgan fingerprint density at radius 1 is 1.33 bits per heavy atom. The molecular weight excluding hydrogens is 232 g/mol. The van der Waals surface area contributed by atoms with Gasteiger partial charge in [0.25, 0.3) is 0 Å². The first-order valence-electron chi connectivity index (χ1n) is 4.97. The second kappa shape index (κ2) is 8.07. The molecule has 1 aromatic heterocycles. The highest BCUT2D eigenvalue weighted by Gasteiger charge is 1.99. The Balaban J connectivity index is 1.96. The maximum atomic E-state index is 5.96. The fourth-order valence-electron chi connectivity index (χ4n) is 1.13. The molecule has 0 fully saturated rings. The largest absolute Gasteiger partial charge is 0.383 e. The fraction of sp³-hybridized carbons (Fsp3) is 0.600. The number of halogens is 1. The van der Waals surface area contributed by atoms with Crippen LogP contribution in [0, 0.1) is 0 Å². The van der Waals surface area contributed by atoms with Crippen molar-refractivity contribution < 1.29 is 4.74 Å². The second-order valence-electron chi connectivity index (χ2n) is 3.11. The molecule has 0 amide bonds. The van der Waals surface area contributed by atoms with Crippen molar-refractivity contribution in [2.75, 3.05) is 33.4 Å². The van der Waals surface area contributed by atoms with Gasteiger partial charge in [0.15, 0.2) is 0 Å². The molecule has 0 radical (unpaired) electrons. The van der Waals surface area contributed by atoms with E-state index in [1.54, 1.807) is 18.4 Å². The first-order valence-corrected chi connectivity index (χ1v) is 6.22. The summed E-state index contributed by atoms with van der Waals surface area (Å²) in [5, 5.41) is 9.46. The lowest BCUT2D eigenvalue weighted by atomic mass is 10.4.